The van der Waals surface area contributed by atoms with E-state index in [1.807, 2.05) is 0 Å². The van der Waals surface area contributed by atoms with Gasteiger partial charge in [0.05, 0.1) is 11.1 Å². The summed E-state index contributed by atoms with van der Waals surface area (Å²) in [4.78, 5) is 53.4. The zero-order chi connectivity index (χ0) is 38.0. The monoisotopic (exact) mass is 722 g/mol. The fraction of sp³-hybridized carbons (Fsp3) is 0.619. The second kappa shape index (κ2) is 26.7. The predicted octanol–water partition coefficient (Wildman–Crippen LogP) is 8.88. The van der Waals surface area contributed by atoms with Crippen LogP contribution in [0.1, 0.15) is 181 Å². The topological polar surface area (TPSA) is 157 Å². The van der Waals surface area contributed by atoms with E-state index in [2.05, 4.69) is 42.5 Å². The Morgan fingerprint density at radius 1 is 0.481 bits per heavy atom. The molecule has 4 amide bonds. The summed E-state index contributed by atoms with van der Waals surface area (Å²) in [6.07, 6.45) is 21.4. The van der Waals surface area contributed by atoms with Crippen LogP contribution in [0.4, 0.5) is 0 Å². The summed E-state index contributed by atoms with van der Waals surface area (Å²) in [6.45, 7) is 6.50. The van der Waals surface area contributed by atoms with E-state index in [1.54, 1.807) is 24.3 Å². The highest BCUT2D eigenvalue weighted by Crippen LogP contribution is 2.25. The van der Waals surface area contributed by atoms with Gasteiger partial charge in [0.1, 0.15) is 17.4 Å². The third-order valence-corrected chi connectivity index (χ3v) is 9.64. The molecule has 0 unspecified atom stereocenters. The Balaban J connectivity index is 2.07. The van der Waals surface area contributed by atoms with Crippen LogP contribution in [0.15, 0.2) is 36.4 Å². The van der Waals surface area contributed by atoms with Gasteiger partial charge in [-0.15, -0.1) is 0 Å². The van der Waals surface area contributed by atoms with Crippen molar-refractivity contribution in [3.63, 3.8) is 0 Å². The average molecular weight is 723 g/mol. The third-order valence-electron chi connectivity index (χ3n) is 9.64. The highest BCUT2D eigenvalue weighted by molar-refractivity contribution is 6.04. The van der Waals surface area contributed by atoms with Gasteiger partial charge in [0.25, 0.3) is 23.6 Å². The lowest BCUT2D eigenvalue weighted by Gasteiger charge is -2.19. The van der Waals surface area contributed by atoms with Gasteiger partial charge in [-0.3, -0.25) is 40.9 Å². The van der Waals surface area contributed by atoms with Crippen molar-refractivity contribution in [1.82, 2.24) is 21.7 Å². The molecule has 52 heavy (non-hydrogen) atoms. The van der Waals surface area contributed by atoms with E-state index < -0.39 is 29.5 Å². The molecule has 2 aromatic carbocycles. The van der Waals surface area contributed by atoms with Gasteiger partial charge in [-0.1, -0.05) is 154 Å². The molecule has 6 N–H and O–H groups in total. The lowest BCUT2D eigenvalue weighted by Crippen LogP contribution is -2.52. The first-order valence-corrected chi connectivity index (χ1v) is 20.1. The van der Waals surface area contributed by atoms with Gasteiger partial charge in [-0.05, 0) is 55.4 Å². The van der Waals surface area contributed by atoms with Crippen molar-refractivity contribution in [2.75, 3.05) is 0 Å². The number of carbonyl (C=O) groups is 4. The van der Waals surface area contributed by atoms with Crippen molar-refractivity contribution in [1.29, 1.82) is 0 Å². The maximum atomic E-state index is 13.4. The molecule has 0 aromatic heterocycles. The van der Waals surface area contributed by atoms with Crippen molar-refractivity contribution in [2.24, 2.45) is 5.92 Å². The second-order valence-electron chi connectivity index (χ2n) is 14.0. The maximum Gasteiger partial charge on any atom is 0.273 e. The standard InChI is InChI=1S/C42H66N4O6/c1-4-7-10-13-16-19-22-29-34(39(49)43-45-41(51)37-32(27-23-30-35(37)47)25-20-17-14-11-8-5-2)40(50)44-46-42(52)38-33(28-24-31-36(38)48)26-21-18-15-12-9-6-3/h23-24,27-28,30-31,34,47-48H,4-22,25-26,29H2,1-3H3,(H,43,49)(H,44,50)(H,45,51)(H,46,52). The smallest absolute Gasteiger partial charge is 0.273 e. The van der Waals surface area contributed by atoms with Crippen molar-refractivity contribution in [3.05, 3.63) is 58.7 Å². The number of hydrogen-bond donors (Lipinski definition) is 6. The zero-order valence-electron chi connectivity index (χ0n) is 32.1. The Hall–Kier alpha value is -4.08. The van der Waals surface area contributed by atoms with Crippen LogP contribution in [0.25, 0.3) is 0 Å². The minimum Gasteiger partial charge on any atom is -0.507 e. The molecule has 0 spiro atoms. The highest BCUT2D eigenvalue weighted by Gasteiger charge is 2.28. The molecule has 0 saturated carbocycles. The first-order valence-electron chi connectivity index (χ1n) is 20.1. The summed E-state index contributed by atoms with van der Waals surface area (Å²) < 4.78 is 0. The first kappa shape index (κ1) is 44.1. The number of rotatable bonds is 26. The van der Waals surface area contributed by atoms with Crippen molar-refractivity contribution >= 4 is 23.6 Å². The molecule has 0 atom stereocenters. The van der Waals surface area contributed by atoms with E-state index in [-0.39, 0.29) is 29.0 Å². The SMILES string of the molecule is CCCCCCCCCC(C(=O)NNC(=O)c1c(O)cccc1CCCCCCCC)C(=O)NNC(=O)c1c(O)cccc1CCCCCCCC. The van der Waals surface area contributed by atoms with Gasteiger partial charge in [0, 0.05) is 0 Å². The fourth-order valence-electron chi connectivity index (χ4n) is 6.53. The molecule has 10 heteroatoms. The van der Waals surface area contributed by atoms with E-state index in [1.165, 1.54) is 44.2 Å². The van der Waals surface area contributed by atoms with E-state index in [4.69, 9.17) is 0 Å². The average Bonchev–Trinajstić information content (AvgIpc) is 3.13. The molecule has 2 rings (SSSR count). The first-order chi connectivity index (χ1) is 25.2. The van der Waals surface area contributed by atoms with Crippen LogP contribution < -0.4 is 21.7 Å². The van der Waals surface area contributed by atoms with Crippen molar-refractivity contribution < 1.29 is 29.4 Å². The van der Waals surface area contributed by atoms with Crippen LogP contribution >= 0.6 is 0 Å². The van der Waals surface area contributed by atoms with Crippen LogP contribution in [0.3, 0.4) is 0 Å². The van der Waals surface area contributed by atoms with E-state index in [9.17, 15) is 29.4 Å². The molecule has 0 aliphatic rings. The Morgan fingerprint density at radius 2 is 0.827 bits per heavy atom. The predicted molar refractivity (Wildman–Crippen MR) is 208 cm³/mol. The molecule has 0 aliphatic carbocycles. The molecular weight excluding hydrogens is 656 g/mol. The summed E-state index contributed by atoms with van der Waals surface area (Å²) in [5.74, 6) is -4.39. The number of aromatic hydroxyl groups is 2. The zero-order valence-corrected chi connectivity index (χ0v) is 32.1. The van der Waals surface area contributed by atoms with Crippen LogP contribution in [0, 0.1) is 5.92 Å². The molecule has 0 bridgehead atoms. The summed E-state index contributed by atoms with van der Waals surface area (Å²) in [6, 6.07) is 9.85. The minimum absolute atomic E-state index is 0.0936. The molecule has 0 aliphatic heterocycles. The van der Waals surface area contributed by atoms with Gasteiger partial charge in [-0.2, -0.15) is 0 Å². The summed E-state index contributed by atoms with van der Waals surface area (Å²) in [7, 11) is 0. The van der Waals surface area contributed by atoms with Gasteiger partial charge in [0.2, 0.25) is 0 Å². The number of nitrogens with one attached hydrogen (secondary N) is 4. The molecule has 0 fully saturated rings. The number of amides is 4. The Labute approximate surface area is 312 Å². The molecule has 2 aromatic rings. The Bertz CT molecular complexity index is 1270. The summed E-state index contributed by atoms with van der Waals surface area (Å²) in [5.41, 5.74) is 11.1. The van der Waals surface area contributed by atoms with Crippen LogP contribution in [-0.4, -0.2) is 33.8 Å². The van der Waals surface area contributed by atoms with E-state index in [0.29, 0.717) is 30.4 Å². The quantitative estimate of drug-likeness (QED) is 0.0324. The number of phenolic OH excluding ortho intramolecular Hbond substituents is 2. The fourth-order valence-corrected chi connectivity index (χ4v) is 6.53. The van der Waals surface area contributed by atoms with Crippen molar-refractivity contribution in [2.45, 2.75) is 162 Å². The van der Waals surface area contributed by atoms with E-state index in [0.717, 1.165) is 83.5 Å². The van der Waals surface area contributed by atoms with Crippen LogP contribution in [0.2, 0.25) is 0 Å². The molecular formula is C42H66N4O6. The van der Waals surface area contributed by atoms with Crippen molar-refractivity contribution in [3.8, 4) is 11.5 Å². The van der Waals surface area contributed by atoms with Gasteiger partial charge in [0.15, 0.2) is 0 Å². The minimum atomic E-state index is -1.21. The maximum absolute atomic E-state index is 13.4. The third kappa shape index (κ3) is 16.5. The summed E-state index contributed by atoms with van der Waals surface area (Å²) >= 11 is 0. The van der Waals surface area contributed by atoms with Crippen LogP contribution in [-0.2, 0) is 22.4 Å². The normalized spacial score (nSPS) is 11.0. The largest absolute Gasteiger partial charge is 0.507 e. The molecule has 10 nitrogen and oxygen atoms in total. The van der Waals surface area contributed by atoms with Gasteiger partial charge < -0.3 is 10.2 Å². The number of benzene rings is 2. The Morgan fingerprint density at radius 3 is 1.21 bits per heavy atom. The highest BCUT2D eigenvalue weighted by atomic mass is 16.3. The number of phenols is 2. The number of hydrazine groups is 2. The lowest BCUT2D eigenvalue weighted by molar-refractivity contribution is -0.136. The van der Waals surface area contributed by atoms with Gasteiger partial charge >= 0.3 is 0 Å². The molecule has 290 valence electrons. The van der Waals surface area contributed by atoms with E-state index >= 15 is 0 Å². The number of carbonyl (C=O) groups excluding carboxylic acids is 4. The summed E-state index contributed by atoms with van der Waals surface area (Å²) in [5, 5.41) is 21.1. The van der Waals surface area contributed by atoms with Gasteiger partial charge in [-0.25, -0.2) is 0 Å². The Kier molecular flexibility index (Phi) is 22.6. The second-order valence-corrected chi connectivity index (χ2v) is 14.0. The number of unbranched alkanes of at least 4 members (excludes halogenated alkanes) is 16. The molecule has 0 radical (unpaired) electrons. The van der Waals surface area contributed by atoms with Crippen LogP contribution in [0.5, 0.6) is 11.5 Å². The lowest BCUT2D eigenvalue weighted by atomic mass is 9.98. The number of hydrogen-bond acceptors (Lipinski definition) is 6. The molecule has 0 saturated heterocycles. The molecule has 0 heterocycles. The number of aryl methyl sites for hydroxylation is 2.